The first-order valence-electron chi connectivity index (χ1n) is 6.41. The van der Waals surface area contributed by atoms with E-state index in [0.717, 1.165) is 22.4 Å². The van der Waals surface area contributed by atoms with Gasteiger partial charge in [0.1, 0.15) is 0 Å². The van der Waals surface area contributed by atoms with E-state index in [1.165, 1.54) is 5.39 Å². The molecule has 2 aromatic carbocycles. The summed E-state index contributed by atoms with van der Waals surface area (Å²) >= 11 is 0. The van der Waals surface area contributed by atoms with E-state index < -0.39 is 0 Å². The number of fused-ring (bicyclic) bond motifs is 1. The number of nitrogen functional groups attached to an aromatic ring is 1. The zero-order valence-electron chi connectivity index (χ0n) is 11.1. The van der Waals surface area contributed by atoms with E-state index in [4.69, 9.17) is 10.2 Å². The number of hydrogen-bond acceptors (Lipinski definition) is 3. The number of oxazole rings is 1. The maximum Gasteiger partial charge on any atom is 0.292 e. The Hall–Kier alpha value is -2.29. The second-order valence-corrected chi connectivity index (χ2v) is 4.95. The van der Waals surface area contributed by atoms with E-state index in [0.29, 0.717) is 0 Å². The molecule has 0 aliphatic heterocycles. The van der Waals surface area contributed by atoms with Gasteiger partial charge in [0.15, 0.2) is 5.76 Å². The zero-order chi connectivity index (χ0) is 13.4. The van der Waals surface area contributed by atoms with Crippen LogP contribution in [0.25, 0.3) is 22.1 Å². The van der Waals surface area contributed by atoms with Gasteiger partial charge in [-0.3, -0.25) is 0 Å². The van der Waals surface area contributed by atoms with Crippen LogP contribution in [-0.2, 0) is 0 Å². The molecule has 0 saturated carbocycles. The van der Waals surface area contributed by atoms with Crippen LogP contribution >= 0.6 is 0 Å². The van der Waals surface area contributed by atoms with Crippen LogP contribution < -0.4 is 5.73 Å². The molecule has 1 heterocycles. The van der Waals surface area contributed by atoms with Crippen molar-refractivity contribution >= 4 is 16.8 Å². The Morgan fingerprint density at radius 2 is 1.79 bits per heavy atom. The lowest BCUT2D eigenvalue weighted by Crippen LogP contribution is -1.92. The number of nitrogens with two attached hydrogens (primary N) is 1. The molecule has 3 heteroatoms. The Morgan fingerprint density at radius 1 is 1.05 bits per heavy atom. The van der Waals surface area contributed by atoms with Crippen molar-refractivity contribution in [1.82, 2.24) is 4.98 Å². The number of hydrogen-bond donors (Lipinski definition) is 1. The standard InChI is InChI=1S/C16H16N2O/c1-10(2)14-15(19-16(17)18-14)13-9-5-7-11-6-3-4-8-12(11)13/h3-10H,1-2H3,(H2,17,18). The Bertz CT molecular complexity index is 723. The van der Waals surface area contributed by atoms with E-state index in [2.05, 4.69) is 37.0 Å². The van der Waals surface area contributed by atoms with Crippen molar-refractivity contribution in [1.29, 1.82) is 0 Å². The average Bonchev–Trinajstić information content (AvgIpc) is 2.80. The monoisotopic (exact) mass is 252 g/mol. The van der Waals surface area contributed by atoms with Crippen molar-refractivity contribution in [3.8, 4) is 11.3 Å². The summed E-state index contributed by atoms with van der Waals surface area (Å²) in [6.45, 7) is 4.18. The second kappa shape index (κ2) is 4.43. The second-order valence-electron chi connectivity index (χ2n) is 4.95. The number of anilines is 1. The molecule has 3 rings (SSSR count). The first-order chi connectivity index (χ1) is 9.16. The first kappa shape index (κ1) is 11.8. The van der Waals surface area contributed by atoms with Gasteiger partial charge < -0.3 is 10.2 Å². The van der Waals surface area contributed by atoms with E-state index in [1.807, 2.05) is 24.3 Å². The third-order valence-corrected chi connectivity index (χ3v) is 3.25. The van der Waals surface area contributed by atoms with Gasteiger partial charge in [-0.2, -0.15) is 4.98 Å². The van der Waals surface area contributed by atoms with Gasteiger partial charge in [-0.05, 0) is 16.7 Å². The van der Waals surface area contributed by atoms with E-state index in [9.17, 15) is 0 Å². The first-order valence-corrected chi connectivity index (χ1v) is 6.41. The van der Waals surface area contributed by atoms with Crippen molar-refractivity contribution < 1.29 is 4.42 Å². The van der Waals surface area contributed by atoms with Gasteiger partial charge in [0.05, 0.1) is 5.69 Å². The highest BCUT2D eigenvalue weighted by molar-refractivity contribution is 5.96. The van der Waals surface area contributed by atoms with Crippen LogP contribution in [0.15, 0.2) is 46.9 Å². The topological polar surface area (TPSA) is 52.0 Å². The highest BCUT2D eigenvalue weighted by Crippen LogP contribution is 2.35. The summed E-state index contributed by atoms with van der Waals surface area (Å²) < 4.78 is 5.64. The zero-order valence-corrected chi connectivity index (χ0v) is 11.1. The van der Waals surface area contributed by atoms with Gasteiger partial charge in [0.2, 0.25) is 0 Å². The van der Waals surface area contributed by atoms with Crippen molar-refractivity contribution in [2.45, 2.75) is 19.8 Å². The number of rotatable bonds is 2. The lowest BCUT2D eigenvalue weighted by atomic mass is 9.99. The summed E-state index contributed by atoms with van der Waals surface area (Å²) in [5.41, 5.74) is 7.68. The molecule has 0 radical (unpaired) electrons. The third kappa shape index (κ3) is 1.97. The van der Waals surface area contributed by atoms with Crippen LogP contribution in [0, 0.1) is 0 Å². The molecule has 0 amide bonds. The highest BCUT2D eigenvalue weighted by atomic mass is 16.4. The Balaban J connectivity index is 2.30. The summed E-state index contributed by atoms with van der Waals surface area (Å²) in [6, 6.07) is 14.6. The molecule has 0 unspecified atom stereocenters. The van der Waals surface area contributed by atoms with E-state index in [-0.39, 0.29) is 11.9 Å². The summed E-state index contributed by atoms with van der Waals surface area (Å²) in [7, 11) is 0. The molecule has 3 aromatic rings. The quantitative estimate of drug-likeness (QED) is 0.743. The van der Waals surface area contributed by atoms with Crippen LogP contribution in [0.1, 0.15) is 25.5 Å². The molecule has 96 valence electrons. The molecule has 0 saturated heterocycles. The van der Waals surface area contributed by atoms with Crippen LogP contribution in [0.3, 0.4) is 0 Å². The van der Waals surface area contributed by atoms with E-state index >= 15 is 0 Å². The maximum atomic E-state index is 5.72. The Morgan fingerprint density at radius 3 is 2.58 bits per heavy atom. The van der Waals surface area contributed by atoms with Gasteiger partial charge >= 0.3 is 0 Å². The third-order valence-electron chi connectivity index (χ3n) is 3.25. The van der Waals surface area contributed by atoms with Gasteiger partial charge in [-0.25, -0.2) is 0 Å². The molecule has 0 fully saturated rings. The normalized spacial score (nSPS) is 11.3. The van der Waals surface area contributed by atoms with Gasteiger partial charge in [-0.15, -0.1) is 0 Å². The minimum Gasteiger partial charge on any atom is -0.423 e. The summed E-state index contributed by atoms with van der Waals surface area (Å²) in [6.07, 6.45) is 0. The van der Waals surface area contributed by atoms with Gasteiger partial charge in [0.25, 0.3) is 6.01 Å². The summed E-state index contributed by atoms with van der Waals surface area (Å²) in [5, 5.41) is 2.34. The summed E-state index contributed by atoms with van der Waals surface area (Å²) in [4.78, 5) is 4.30. The Labute approximate surface area is 112 Å². The Kier molecular flexibility index (Phi) is 2.75. The van der Waals surface area contributed by atoms with E-state index in [1.54, 1.807) is 0 Å². The van der Waals surface area contributed by atoms with Gasteiger partial charge in [-0.1, -0.05) is 56.3 Å². The SMILES string of the molecule is CC(C)c1nc(N)oc1-c1cccc2ccccc12. The predicted molar refractivity (Wildman–Crippen MR) is 77.9 cm³/mol. The molecular formula is C16H16N2O. The molecular weight excluding hydrogens is 236 g/mol. The smallest absolute Gasteiger partial charge is 0.292 e. The fourth-order valence-electron chi connectivity index (χ4n) is 2.36. The predicted octanol–water partition coefficient (Wildman–Crippen LogP) is 4.20. The van der Waals surface area contributed by atoms with Crippen molar-refractivity contribution in [2.24, 2.45) is 0 Å². The van der Waals surface area contributed by atoms with Crippen LogP contribution in [0.2, 0.25) is 0 Å². The van der Waals surface area contributed by atoms with Crippen molar-refractivity contribution in [3.63, 3.8) is 0 Å². The number of nitrogens with zero attached hydrogens (tertiary/aromatic N) is 1. The fourth-order valence-corrected chi connectivity index (χ4v) is 2.36. The fraction of sp³-hybridized carbons (Fsp3) is 0.188. The maximum absolute atomic E-state index is 5.72. The van der Waals surface area contributed by atoms with Crippen LogP contribution in [0.5, 0.6) is 0 Å². The molecule has 0 spiro atoms. The molecule has 0 aliphatic rings. The summed E-state index contributed by atoms with van der Waals surface area (Å²) in [5.74, 6) is 1.05. The molecule has 1 aromatic heterocycles. The highest BCUT2D eigenvalue weighted by Gasteiger charge is 2.18. The molecule has 19 heavy (non-hydrogen) atoms. The number of aromatic nitrogens is 1. The largest absolute Gasteiger partial charge is 0.423 e. The van der Waals surface area contributed by atoms with Crippen LogP contribution in [0.4, 0.5) is 6.01 Å². The molecule has 0 aliphatic carbocycles. The average molecular weight is 252 g/mol. The molecule has 3 nitrogen and oxygen atoms in total. The van der Waals surface area contributed by atoms with Crippen molar-refractivity contribution in [2.75, 3.05) is 5.73 Å². The lowest BCUT2D eigenvalue weighted by molar-refractivity contribution is 0.592. The van der Waals surface area contributed by atoms with Gasteiger partial charge in [0, 0.05) is 5.56 Å². The number of benzene rings is 2. The molecule has 0 atom stereocenters. The minimum atomic E-state index is 0.228. The minimum absolute atomic E-state index is 0.228. The molecule has 2 N–H and O–H groups in total. The van der Waals surface area contributed by atoms with Crippen molar-refractivity contribution in [3.05, 3.63) is 48.2 Å². The van der Waals surface area contributed by atoms with Crippen LogP contribution in [-0.4, -0.2) is 4.98 Å². The lowest BCUT2D eigenvalue weighted by Gasteiger charge is -2.07. The molecule has 0 bridgehead atoms.